The number of hydrogen-bond acceptors (Lipinski definition) is 14. The molecule has 6 aromatic rings. The average Bonchev–Trinajstić information content (AvgIpc) is 3.95. The minimum absolute atomic E-state index is 0.0425. The molecule has 4 aromatic carbocycles. The van der Waals surface area contributed by atoms with Crippen molar-refractivity contribution in [3.05, 3.63) is 137 Å². The monoisotopic (exact) mass is 956 g/mol. The molecule has 324 valence electrons. The molecular formula is C40H38Cl2N8O8S4. The number of nitro benzene ring substituents is 2. The fourth-order valence-electron chi connectivity index (χ4n) is 6.93. The van der Waals surface area contributed by atoms with Gasteiger partial charge in [-0.05, 0) is 68.4 Å². The van der Waals surface area contributed by atoms with Crippen LogP contribution < -0.4 is 9.80 Å². The van der Waals surface area contributed by atoms with Crippen molar-refractivity contribution in [3.8, 4) is 22.5 Å². The molecule has 0 atom stereocenters. The van der Waals surface area contributed by atoms with E-state index < -0.39 is 29.9 Å². The van der Waals surface area contributed by atoms with Crippen molar-refractivity contribution in [1.82, 2.24) is 18.6 Å². The Kier molecular flexibility index (Phi) is 13.6. The lowest BCUT2D eigenvalue weighted by molar-refractivity contribution is -0.385. The molecule has 0 bridgehead atoms. The molecule has 8 rings (SSSR count). The Morgan fingerprint density at radius 2 is 0.903 bits per heavy atom. The maximum absolute atomic E-state index is 12.9. The lowest BCUT2D eigenvalue weighted by atomic mass is 10.1. The standard InChI is InChI=1S/C21H22N4O4S2.C19H16Cl2N4O4S2/c1-15-11-16(2)13-17(12-15)20-14-30-21(22-20)23-7-9-24(10-8-23)31(28,29)19-5-3-18(4-6-19)25(26)27;20-14-9-13(10-15(21)11-14)18-12-30-19(22-18)23-5-7-24(8-6-23)31(28,29)17-3-1-16(2-4-17)25(26)27/h3-6,11-14H,7-10H2,1-2H3;1-4,9-12H,5-8H2. The van der Waals surface area contributed by atoms with E-state index in [1.165, 1.54) is 79.6 Å². The smallest absolute Gasteiger partial charge is 0.269 e. The molecule has 22 heteroatoms. The fourth-order valence-corrected chi connectivity index (χ4v) is 12.1. The second kappa shape index (κ2) is 18.7. The summed E-state index contributed by atoms with van der Waals surface area (Å²) in [6.45, 7) is 7.40. The number of aryl methyl sites for hydroxylation is 2. The van der Waals surface area contributed by atoms with Gasteiger partial charge in [0.25, 0.3) is 11.4 Å². The molecule has 2 aromatic heterocycles. The van der Waals surface area contributed by atoms with Crippen molar-refractivity contribution in [2.45, 2.75) is 23.6 Å². The van der Waals surface area contributed by atoms with Gasteiger partial charge >= 0.3 is 0 Å². The SMILES string of the molecule is Cc1cc(C)cc(-c2csc(N3CCN(S(=O)(=O)c4ccc([N+](=O)[O-])cc4)CC3)n2)c1.O=[N+]([O-])c1ccc(S(=O)(=O)N2CCN(c3nc(-c4cc(Cl)cc(Cl)c4)cs3)CC2)cc1. The summed E-state index contributed by atoms with van der Waals surface area (Å²) in [5, 5.41) is 28.2. The van der Waals surface area contributed by atoms with Gasteiger partial charge in [0, 0.05) is 109 Å². The predicted octanol–water partition coefficient (Wildman–Crippen LogP) is 8.38. The van der Waals surface area contributed by atoms with Crippen LogP contribution >= 0.6 is 45.9 Å². The number of thiazole rings is 2. The third kappa shape index (κ3) is 10.2. The Balaban J connectivity index is 0.000000186. The zero-order valence-corrected chi connectivity index (χ0v) is 37.9. The van der Waals surface area contributed by atoms with Gasteiger partial charge in [0.1, 0.15) is 0 Å². The van der Waals surface area contributed by atoms with E-state index in [1.807, 2.05) is 15.7 Å². The Labute approximate surface area is 376 Å². The van der Waals surface area contributed by atoms with Gasteiger partial charge in [0.2, 0.25) is 20.0 Å². The third-order valence-electron chi connectivity index (χ3n) is 10.0. The molecule has 2 fully saturated rings. The average molecular weight is 958 g/mol. The predicted molar refractivity (Wildman–Crippen MR) is 243 cm³/mol. The highest BCUT2D eigenvalue weighted by atomic mass is 35.5. The van der Waals surface area contributed by atoms with E-state index in [2.05, 4.69) is 41.9 Å². The maximum Gasteiger partial charge on any atom is 0.269 e. The molecule has 0 unspecified atom stereocenters. The first-order chi connectivity index (χ1) is 29.5. The fraction of sp³-hybridized carbons (Fsp3) is 0.250. The maximum atomic E-state index is 12.9. The number of sulfonamides is 2. The van der Waals surface area contributed by atoms with Gasteiger partial charge in [-0.2, -0.15) is 8.61 Å². The van der Waals surface area contributed by atoms with Crippen LogP contribution in [0.15, 0.2) is 105 Å². The van der Waals surface area contributed by atoms with E-state index in [0.29, 0.717) is 49.3 Å². The molecule has 2 aliphatic heterocycles. The highest BCUT2D eigenvalue weighted by Gasteiger charge is 2.31. The topological polar surface area (TPSA) is 193 Å². The molecule has 0 amide bonds. The van der Waals surface area contributed by atoms with E-state index in [9.17, 15) is 37.1 Å². The van der Waals surface area contributed by atoms with Crippen LogP contribution in [0.2, 0.25) is 10.0 Å². The summed E-state index contributed by atoms with van der Waals surface area (Å²) in [4.78, 5) is 34.1. The second-order valence-corrected chi connectivity index (χ2v) is 20.8. The van der Waals surface area contributed by atoms with Gasteiger partial charge in [-0.1, -0.05) is 40.4 Å². The number of anilines is 2. The highest BCUT2D eigenvalue weighted by molar-refractivity contribution is 7.89. The summed E-state index contributed by atoms with van der Waals surface area (Å²) in [6, 6.07) is 21.5. The molecule has 0 saturated carbocycles. The molecule has 0 spiro atoms. The van der Waals surface area contributed by atoms with Crippen LogP contribution in [-0.2, 0) is 20.0 Å². The van der Waals surface area contributed by atoms with Crippen LogP contribution in [0, 0.1) is 34.1 Å². The van der Waals surface area contributed by atoms with Crippen LogP contribution in [0.5, 0.6) is 0 Å². The van der Waals surface area contributed by atoms with E-state index in [1.54, 1.807) is 29.5 Å². The van der Waals surface area contributed by atoms with Gasteiger partial charge in [-0.15, -0.1) is 22.7 Å². The Morgan fingerprint density at radius 1 is 0.548 bits per heavy atom. The summed E-state index contributed by atoms with van der Waals surface area (Å²) in [5.41, 5.74) is 5.68. The highest BCUT2D eigenvalue weighted by Crippen LogP contribution is 2.33. The number of benzene rings is 4. The molecule has 62 heavy (non-hydrogen) atoms. The van der Waals surface area contributed by atoms with Crippen molar-refractivity contribution < 1.29 is 26.7 Å². The Hall–Kier alpha value is -5.06. The third-order valence-corrected chi connectivity index (χ3v) is 16.1. The number of nitro groups is 2. The molecular weight excluding hydrogens is 920 g/mol. The molecule has 16 nitrogen and oxygen atoms in total. The first-order valence-corrected chi connectivity index (χ1v) is 24.3. The van der Waals surface area contributed by atoms with E-state index in [4.69, 9.17) is 28.2 Å². The zero-order chi connectivity index (χ0) is 44.3. The Bertz CT molecular complexity index is 2590. The van der Waals surface area contributed by atoms with Crippen LogP contribution in [-0.4, -0.2) is 97.6 Å². The lowest BCUT2D eigenvalue weighted by Gasteiger charge is -2.33. The molecule has 0 N–H and O–H groups in total. The first-order valence-electron chi connectivity index (χ1n) is 18.9. The van der Waals surface area contributed by atoms with E-state index >= 15 is 0 Å². The number of hydrogen-bond donors (Lipinski definition) is 0. The van der Waals surface area contributed by atoms with Crippen LogP contribution in [0.25, 0.3) is 22.5 Å². The van der Waals surface area contributed by atoms with Crippen molar-refractivity contribution in [3.63, 3.8) is 0 Å². The van der Waals surface area contributed by atoms with Gasteiger partial charge in [-0.3, -0.25) is 20.2 Å². The quantitative estimate of drug-likeness (QED) is 0.0942. The summed E-state index contributed by atoms with van der Waals surface area (Å²) in [6.07, 6.45) is 0. The number of piperazine rings is 2. The van der Waals surface area contributed by atoms with E-state index in [0.717, 1.165) is 32.8 Å². The Morgan fingerprint density at radius 3 is 1.26 bits per heavy atom. The van der Waals surface area contributed by atoms with Gasteiger partial charge in [0.15, 0.2) is 10.3 Å². The number of aromatic nitrogens is 2. The summed E-state index contributed by atoms with van der Waals surface area (Å²) in [5.74, 6) is 0. The lowest BCUT2D eigenvalue weighted by Crippen LogP contribution is -2.48. The number of halogens is 2. The van der Waals surface area contributed by atoms with Crippen LogP contribution in [0.1, 0.15) is 11.1 Å². The molecule has 2 aliphatic rings. The number of non-ortho nitro benzene ring substituents is 2. The van der Waals surface area contributed by atoms with E-state index in [-0.39, 0.29) is 34.3 Å². The van der Waals surface area contributed by atoms with Crippen molar-refractivity contribution in [2.75, 3.05) is 62.2 Å². The van der Waals surface area contributed by atoms with Crippen LogP contribution in [0.3, 0.4) is 0 Å². The molecule has 2 saturated heterocycles. The summed E-state index contributed by atoms with van der Waals surface area (Å²) < 4.78 is 54.3. The molecule has 4 heterocycles. The minimum Gasteiger partial charge on any atom is -0.345 e. The molecule has 0 aliphatic carbocycles. The number of nitrogens with zero attached hydrogens (tertiary/aromatic N) is 8. The van der Waals surface area contributed by atoms with Crippen molar-refractivity contribution in [1.29, 1.82) is 0 Å². The normalized spacial score (nSPS) is 15.2. The van der Waals surface area contributed by atoms with Crippen LogP contribution in [0.4, 0.5) is 21.6 Å². The van der Waals surface area contributed by atoms with Gasteiger partial charge in [0.05, 0.1) is 31.0 Å². The first kappa shape index (κ1) is 45.0. The zero-order valence-electron chi connectivity index (χ0n) is 33.1. The van der Waals surface area contributed by atoms with Gasteiger partial charge in [-0.25, -0.2) is 26.8 Å². The summed E-state index contributed by atoms with van der Waals surface area (Å²) >= 11 is 15.2. The summed E-state index contributed by atoms with van der Waals surface area (Å²) in [7, 11) is -7.41. The molecule has 0 radical (unpaired) electrons. The van der Waals surface area contributed by atoms with Crippen molar-refractivity contribution in [2.24, 2.45) is 0 Å². The minimum atomic E-state index is -3.72. The number of rotatable bonds is 10. The van der Waals surface area contributed by atoms with Crippen molar-refractivity contribution >= 4 is 87.6 Å². The second-order valence-electron chi connectivity index (χ2n) is 14.3. The largest absolute Gasteiger partial charge is 0.345 e. The van der Waals surface area contributed by atoms with Gasteiger partial charge < -0.3 is 9.80 Å².